The molecule has 1 atom stereocenters. The van der Waals surface area contributed by atoms with Crippen LogP contribution in [0.3, 0.4) is 0 Å². The van der Waals surface area contributed by atoms with Gasteiger partial charge in [-0.2, -0.15) is 0 Å². The molecule has 1 aromatic heterocycles. The molecule has 134 valence electrons. The molecule has 0 aliphatic carbocycles. The van der Waals surface area contributed by atoms with Crippen LogP contribution in [0.4, 0.5) is 5.69 Å². The zero-order valence-electron chi connectivity index (χ0n) is 15.3. The Morgan fingerprint density at radius 1 is 1.00 bits per heavy atom. The van der Waals surface area contributed by atoms with E-state index in [1.807, 2.05) is 12.1 Å². The SMILES string of the molecule is CCc1ccc(-n2ccc(C3OCCN3c3ccc(OC)cc3)c2)cc1. The molecule has 4 heteroatoms. The zero-order valence-corrected chi connectivity index (χ0v) is 15.3. The highest BCUT2D eigenvalue weighted by Gasteiger charge is 2.28. The second kappa shape index (κ2) is 7.26. The molecule has 4 nitrogen and oxygen atoms in total. The number of methoxy groups -OCH3 is 1. The van der Waals surface area contributed by atoms with Gasteiger partial charge in [0, 0.05) is 35.9 Å². The van der Waals surface area contributed by atoms with Crippen molar-refractivity contribution < 1.29 is 9.47 Å². The Labute approximate surface area is 154 Å². The van der Waals surface area contributed by atoms with Crippen LogP contribution < -0.4 is 9.64 Å². The third-order valence-corrected chi connectivity index (χ3v) is 4.94. The summed E-state index contributed by atoms with van der Waals surface area (Å²) in [6.07, 6.45) is 5.27. The first-order chi connectivity index (χ1) is 12.8. The average Bonchev–Trinajstić information content (AvgIpc) is 3.37. The number of aromatic nitrogens is 1. The molecule has 0 N–H and O–H groups in total. The minimum absolute atomic E-state index is 0.0560. The van der Waals surface area contributed by atoms with E-state index in [0.717, 1.165) is 36.6 Å². The lowest BCUT2D eigenvalue weighted by atomic mass is 10.1. The van der Waals surface area contributed by atoms with Gasteiger partial charge >= 0.3 is 0 Å². The van der Waals surface area contributed by atoms with E-state index < -0.39 is 0 Å². The highest BCUT2D eigenvalue weighted by atomic mass is 16.5. The molecular formula is C22H24N2O2. The van der Waals surface area contributed by atoms with Gasteiger partial charge in [0.2, 0.25) is 0 Å². The van der Waals surface area contributed by atoms with Crippen molar-refractivity contribution in [2.45, 2.75) is 19.6 Å². The minimum atomic E-state index is -0.0560. The van der Waals surface area contributed by atoms with Crippen LogP contribution in [0.2, 0.25) is 0 Å². The lowest BCUT2D eigenvalue weighted by Gasteiger charge is -2.24. The molecule has 0 saturated carbocycles. The van der Waals surface area contributed by atoms with Gasteiger partial charge in [-0.3, -0.25) is 0 Å². The molecule has 2 heterocycles. The number of anilines is 1. The summed E-state index contributed by atoms with van der Waals surface area (Å²) < 4.78 is 13.4. The lowest BCUT2D eigenvalue weighted by molar-refractivity contribution is 0.114. The summed E-state index contributed by atoms with van der Waals surface area (Å²) >= 11 is 0. The minimum Gasteiger partial charge on any atom is -0.497 e. The maximum atomic E-state index is 6.03. The van der Waals surface area contributed by atoms with Crippen LogP contribution in [0, 0.1) is 0 Å². The highest BCUT2D eigenvalue weighted by molar-refractivity contribution is 5.51. The van der Waals surface area contributed by atoms with E-state index in [9.17, 15) is 0 Å². The van der Waals surface area contributed by atoms with Crippen molar-refractivity contribution in [3.8, 4) is 11.4 Å². The lowest BCUT2D eigenvalue weighted by Crippen LogP contribution is -2.22. The highest BCUT2D eigenvalue weighted by Crippen LogP contribution is 2.33. The zero-order chi connectivity index (χ0) is 17.9. The van der Waals surface area contributed by atoms with Crippen molar-refractivity contribution in [2.75, 3.05) is 25.2 Å². The Kier molecular flexibility index (Phi) is 4.67. The molecule has 0 radical (unpaired) electrons. The van der Waals surface area contributed by atoms with E-state index >= 15 is 0 Å². The van der Waals surface area contributed by atoms with E-state index in [4.69, 9.17) is 9.47 Å². The molecule has 1 fully saturated rings. The van der Waals surface area contributed by atoms with E-state index in [2.05, 4.69) is 71.2 Å². The van der Waals surface area contributed by atoms with Crippen molar-refractivity contribution in [3.05, 3.63) is 78.1 Å². The Morgan fingerprint density at radius 3 is 2.42 bits per heavy atom. The Balaban J connectivity index is 1.57. The summed E-state index contributed by atoms with van der Waals surface area (Å²) in [5.74, 6) is 0.868. The van der Waals surface area contributed by atoms with Crippen LogP contribution in [0.1, 0.15) is 24.3 Å². The number of benzene rings is 2. The topological polar surface area (TPSA) is 26.6 Å². The fourth-order valence-electron chi connectivity index (χ4n) is 3.41. The third-order valence-electron chi connectivity index (χ3n) is 4.94. The quantitative estimate of drug-likeness (QED) is 0.675. The number of rotatable bonds is 5. The van der Waals surface area contributed by atoms with Crippen molar-refractivity contribution in [1.82, 2.24) is 4.57 Å². The molecule has 26 heavy (non-hydrogen) atoms. The Bertz CT molecular complexity index is 853. The van der Waals surface area contributed by atoms with E-state index in [-0.39, 0.29) is 6.23 Å². The molecular weight excluding hydrogens is 324 g/mol. The van der Waals surface area contributed by atoms with E-state index in [0.29, 0.717) is 0 Å². The molecule has 1 aliphatic rings. The van der Waals surface area contributed by atoms with Gasteiger partial charge in [-0.05, 0) is 54.4 Å². The number of hydrogen-bond donors (Lipinski definition) is 0. The summed E-state index contributed by atoms with van der Waals surface area (Å²) in [6.45, 7) is 3.79. The molecule has 4 rings (SSSR count). The average molecular weight is 348 g/mol. The molecule has 1 saturated heterocycles. The van der Waals surface area contributed by atoms with Gasteiger partial charge in [0.05, 0.1) is 13.7 Å². The third kappa shape index (κ3) is 3.20. The molecule has 0 bridgehead atoms. The fraction of sp³-hybridized carbons (Fsp3) is 0.273. The summed E-state index contributed by atoms with van der Waals surface area (Å²) in [6, 6.07) is 19.0. The Hall–Kier alpha value is -2.72. The fourth-order valence-corrected chi connectivity index (χ4v) is 3.41. The van der Waals surface area contributed by atoms with Crippen LogP contribution >= 0.6 is 0 Å². The molecule has 0 spiro atoms. The molecule has 3 aromatic rings. The van der Waals surface area contributed by atoms with Crippen molar-refractivity contribution in [1.29, 1.82) is 0 Å². The van der Waals surface area contributed by atoms with Gasteiger partial charge in [0.1, 0.15) is 5.75 Å². The predicted octanol–water partition coefficient (Wildman–Crippen LogP) is 4.58. The number of ether oxygens (including phenoxy) is 2. The van der Waals surface area contributed by atoms with Crippen molar-refractivity contribution >= 4 is 5.69 Å². The second-order valence-corrected chi connectivity index (χ2v) is 6.49. The van der Waals surface area contributed by atoms with Gasteiger partial charge in [-0.1, -0.05) is 19.1 Å². The normalized spacial score (nSPS) is 16.8. The van der Waals surface area contributed by atoms with Crippen molar-refractivity contribution in [3.63, 3.8) is 0 Å². The molecule has 2 aromatic carbocycles. The summed E-state index contributed by atoms with van der Waals surface area (Å²) in [5, 5.41) is 0. The first-order valence-corrected chi connectivity index (χ1v) is 9.08. The first kappa shape index (κ1) is 16.7. The molecule has 1 aliphatic heterocycles. The summed E-state index contributed by atoms with van der Waals surface area (Å²) in [7, 11) is 1.69. The summed E-state index contributed by atoms with van der Waals surface area (Å²) in [5.41, 5.74) is 4.83. The maximum absolute atomic E-state index is 6.03. The van der Waals surface area contributed by atoms with Crippen molar-refractivity contribution in [2.24, 2.45) is 0 Å². The molecule has 1 unspecified atom stereocenters. The summed E-state index contributed by atoms with van der Waals surface area (Å²) in [4.78, 5) is 2.29. The van der Waals surface area contributed by atoms with Crippen LogP contribution in [-0.2, 0) is 11.2 Å². The number of hydrogen-bond acceptors (Lipinski definition) is 3. The number of nitrogens with zero attached hydrogens (tertiary/aromatic N) is 2. The monoisotopic (exact) mass is 348 g/mol. The van der Waals surface area contributed by atoms with Gasteiger partial charge in [-0.15, -0.1) is 0 Å². The van der Waals surface area contributed by atoms with Crippen LogP contribution in [-0.4, -0.2) is 24.8 Å². The van der Waals surface area contributed by atoms with E-state index in [1.54, 1.807) is 7.11 Å². The smallest absolute Gasteiger partial charge is 0.158 e. The molecule has 0 amide bonds. The van der Waals surface area contributed by atoms with Gasteiger partial charge in [-0.25, -0.2) is 0 Å². The number of aryl methyl sites for hydroxylation is 1. The van der Waals surface area contributed by atoms with Crippen LogP contribution in [0.5, 0.6) is 5.75 Å². The van der Waals surface area contributed by atoms with E-state index in [1.165, 1.54) is 11.3 Å². The van der Waals surface area contributed by atoms with Crippen LogP contribution in [0.15, 0.2) is 67.0 Å². The maximum Gasteiger partial charge on any atom is 0.158 e. The van der Waals surface area contributed by atoms with Crippen LogP contribution in [0.25, 0.3) is 5.69 Å². The predicted molar refractivity (Wildman–Crippen MR) is 104 cm³/mol. The second-order valence-electron chi connectivity index (χ2n) is 6.49. The van der Waals surface area contributed by atoms with Gasteiger partial charge in [0.25, 0.3) is 0 Å². The van der Waals surface area contributed by atoms with Gasteiger partial charge in [0.15, 0.2) is 6.23 Å². The first-order valence-electron chi connectivity index (χ1n) is 9.08. The standard InChI is InChI=1S/C22H24N2O2/c1-3-17-4-6-19(7-5-17)23-13-12-18(16-23)22-24(14-15-26-22)20-8-10-21(25-2)11-9-20/h4-13,16,22H,3,14-15H2,1-2H3. The largest absolute Gasteiger partial charge is 0.497 e. The Morgan fingerprint density at radius 2 is 1.73 bits per heavy atom. The van der Waals surface area contributed by atoms with Gasteiger partial charge < -0.3 is 18.9 Å².